The van der Waals surface area contributed by atoms with E-state index < -0.39 is 6.10 Å². The van der Waals surface area contributed by atoms with E-state index >= 15 is 0 Å². The summed E-state index contributed by atoms with van der Waals surface area (Å²) in [5.41, 5.74) is 1.70. The summed E-state index contributed by atoms with van der Waals surface area (Å²) in [6.45, 7) is 7.68. The number of nitrogens with one attached hydrogen (secondary N) is 1. The molecule has 7 heteroatoms. The first-order chi connectivity index (χ1) is 11.9. The molecular weight excluding hydrogens is 320 g/mol. The van der Waals surface area contributed by atoms with Crippen molar-refractivity contribution in [3.8, 4) is 0 Å². The van der Waals surface area contributed by atoms with E-state index in [1.54, 1.807) is 6.20 Å². The zero-order valence-electron chi connectivity index (χ0n) is 15.5. The number of rotatable bonds is 7. The number of nitrogens with zero attached hydrogens (tertiary/aromatic N) is 3. The Hall–Kier alpha value is -1.89. The third-order valence-corrected chi connectivity index (χ3v) is 4.56. The summed E-state index contributed by atoms with van der Waals surface area (Å²) < 4.78 is 1.94. The predicted molar refractivity (Wildman–Crippen MR) is 96.1 cm³/mol. The summed E-state index contributed by atoms with van der Waals surface area (Å²) in [7, 11) is 0. The van der Waals surface area contributed by atoms with Crippen LogP contribution in [0.4, 0.5) is 5.69 Å². The molecule has 2 N–H and O–H groups in total. The summed E-state index contributed by atoms with van der Waals surface area (Å²) in [5.74, 6) is -0.0102. The van der Waals surface area contributed by atoms with Crippen LogP contribution in [0.5, 0.6) is 0 Å². The predicted octanol–water partition coefficient (Wildman–Crippen LogP) is 1.80. The molecule has 1 fully saturated rings. The van der Waals surface area contributed by atoms with E-state index in [1.165, 1.54) is 4.90 Å². The van der Waals surface area contributed by atoms with Crippen molar-refractivity contribution < 1.29 is 14.7 Å². The molecule has 0 aliphatic carbocycles. The van der Waals surface area contributed by atoms with E-state index in [-0.39, 0.29) is 18.4 Å². The van der Waals surface area contributed by atoms with Crippen molar-refractivity contribution in [2.75, 3.05) is 18.4 Å². The summed E-state index contributed by atoms with van der Waals surface area (Å²) in [6, 6.07) is 0. The second-order valence-corrected chi connectivity index (χ2v) is 7.08. The molecule has 0 bridgehead atoms. The number of hydrogen-bond donors (Lipinski definition) is 2. The highest BCUT2D eigenvalue weighted by Crippen LogP contribution is 2.18. The van der Waals surface area contributed by atoms with Crippen LogP contribution >= 0.6 is 0 Å². The molecule has 1 aromatic heterocycles. The van der Waals surface area contributed by atoms with Crippen LogP contribution < -0.4 is 5.32 Å². The van der Waals surface area contributed by atoms with Gasteiger partial charge in [-0.1, -0.05) is 20.8 Å². The molecule has 1 aliphatic rings. The molecule has 2 heterocycles. The lowest BCUT2D eigenvalue weighted by molar-refractivity contribution is -0.141. The van der Waals surface area contributed by atoms with Gasteiger partial charge >= 0.3 is 0 Å². The molecule has 2 amide bonds. The number of hydrogen-bond acceptors (Lipinski definition) is 4. The van der Waals surface area contributed by atoms with Gasteiger partial charge < -0.3 is 15.3 Å². The van der Waals surface area contributed by atoms with Crippen molar-refractivity contribution in [3.63, 3.8) is 0 Å². The first kappa shape index (κ1) is 19.4. The fourth-order valence-corrected chi connectivity index (χ4v) is 3.07. The fraction of sp³-hybridized carbons (Fsp3) is 0.722. The van der Waals surface area contributed by atoms with Crippen molar-refractivity contribution in [1.29, 1.82) is 0 Å². The maximum Gasteiger partial charge on any atom is 0.251 e. The number of carbonyl (C=O) groups excluding carboxylic acids is 2. The second kappa shape index (κ2) is 8.99. The van der Waals surface area contributed by atoms with Crippen LogP contribution in [0, 0.1) is 5.92 Å². The zero-order valence-corrected chi connectivity index (χ0v) is 15.5. The highest BCUT2D eigenvalue weighted by Gasteiger charge is 2.26. The quantitative estimate of drug-likeness (QED) is 0.785. The summed E-state index contributed by atoms with van der Waals surface area (Å²) in [4.78, 5) is 25.9. The average molecular weight is 350 g/mol. The van der Waals surface area contributed by atoms with Crippen molar-refractivity contribution in [3.05, 3.63) is 11.9 Å². The summed E-state index contributed by atoms with van der Waals surface area (Å²) >= 11 is 0. The van der Waals surface area contributed by atoms with Gasteiger partial charge in [0.15, 0.2) is 0 Å². The average Bonchev–Trinajstić information content (AvgIpc) is 2.88. The van der Waals surface area contributed by atoms with E-state index in [4.69, 9.17) is 0 Å². The number of carbonyl (C=O) groups is 2. The van der Waals surface area contributed by atoms with Crippen molar-refractivity contribution in [2.24, 2.45) is 5.92 Å². The van der Waals surface area contributed by atoms with Crippen LogP contribution in [0.3, 0.4) is 0 Å². The molecule has 0 aromatic carbocycles. The van der Waals surface area contributed by atoms with Crippen LogP contribution in [-0.2, 0) is 22.6 Å². The Kier molecular flexibility index (Phi) is 6.99. The standard InChI is InChI=1S/C18H30N4O3/c1-4-15-14(11-19-22(15)10-8-13(2)3)20-17(24)12-21-9-6-5-7-16(23)18(21)25/h11,13,16,23H,4-10,12H2,1-3H3,(H,20,24). The normalized spacial score (nSPS) is 18.5. The Balaban J connectivity index is 1.99. The number of aryl methyl sites for hydroxylation is 1. The summed E-state index contributed by atoms with van der Waals surface area (Å²) in [5, 5.41) is 17.0. The molecule has 1 aliphatic heterocycles. The lowest BCUT2D eigenvalue weighted by atomic mass is 10.1. The SMILES string of the molecule is CCc1c(NC(=O)CN2CCCCC(O)C2=O)cnn1CCC(C)C. The maximum atomic E-state index is 12.4. The van der Waals surface area contributed by atoms with Crippen molar-refractivity contribution in [1.82, 2.24) is 14.7 Å². The number of likely N-dealkylation sites (tertiary alicyclic amines) is 1. The largest absolute Gasteiger partial charge is 0.383 e. The lowest BCUT2D eigenvalue weighted by Crippen LogP contribution is -2.42. The number of aliphatic hydroxyl groups excluding tert-OH is 1. The number of anilines is 1. The molecular formula is C18H30N4O3. The highest BCUT2D eigenvalue weighted by atomic mass is 16.3. The van der Waals surface area contributed by atoms with E-state index in [0.717, 1.165) is 37.9 Å². The first-order valence-electron chi connectivity index (χ1n) is 9.23. The number of aromatic nitrogens is 2. The van der Waals surface area contributed by atoms with E-state index in [0.29, 0.717) is 24.6 Å². The van der Waals surface area contributed by atoms with Gasteiger partial charge in [0.25, 0.3) is 5.91 Å². The van der Waals surface area contributed by atoms with Gasteiger partial charge in [-0.2, -0.15) is 5.10 Å². The molecule has 2 rings (SSSR count). The molecule has 25 heavy (non-hydrogen) atoms. The van der Waals surface area contributed by atoms with Gasteiger partial charge in [0.2, 0.25) is 5.91 Å². The highest BCUT2D eigenvalue weighted by molar-refractivity contribution is 5.95. The monoisotopic (exact) mass is 350 g/mol. The summed E-state index contributed by atoms with van der Waals surface area (Å²) in [6.07, 6.45) is 4.57. The Bertz CT molecular complexity index is 597. The first-order valence-corrected chi connectivity index (χ1v) is 9.23. The molecule has 1 aromatic rings. The maximum absolute atomic E-state index is 12.4. The Morgan fingerprint density at radius 1 is 1.44 bits per heavy atom. The van der Waals surface area contributed by atoms with Crippen LogP contribution in [0.2, 0.25) is 0 Å². The molecule has 0 radical (unpaired) electrons. The minimum Gasteiger partial charge on any atom is -0.383 e. The van der Waals surface area contributed by atoms with Crippen molar-refractivity contribution >= 4 is 17.5 Å². The van der Waals surface area contributed by atoms with Crippen LogP contribution in [0.25, 0.3) is 0 Å². The molecule has 1 atom stereocenters. The van der Waals surface area contributed by atoms with Gasteiger partial charge in [-0.05, 0) is 38.0 Å². The number of amides is 2. The van der Waals surface area contributed by atoms with Gasteiger partial charge in [0.1, 0.15) is 6.10 Å². The minimum absolute atomic E-state index is 0.0315. The zero-order chi connectivity index (χ0) is 18.4. The molecule has 7 nitrogen and oxygen atoms in total. The molecule has 140 valence electrons. The third kappa shape index (κ3) is 5.29. The van der Waals surface area contributed by atoms with Gasteiger partial charge in [0, 0.05) is 13.1 Å². The number of aliphatic hydroxyl groups is 1. The molecule has 0 saturated carbocycles. The third-order valence-electron chi connectivity index (χ3n) is 4.56. The van der Waals surface area contributed by atoms with E-state index in [2.05, 4.69) is 24.3 Å². The van der Waals surface area contributed by atoms with Gasteiger partial charge in [-0.25, -0.2) is 0 Å². The van der Waals surface area contributed by atoms with Gasteiger partial charge in [-0.15, -0.1) is 0 Å². The lowest BCUT2D eigenvalue weighted by Gasteiger charge is -2.21. The molecule has 1 saturated heterocycles. The van der Waals surface area contributed by atoms with Crippen LogP contribution in [0.1, 0.15) is 52.1 Å². The van der Waals surface area contributed by atoms with Crippen molar-refractivity contribution in [2.45, 2.75) is 65.5 Å². The molecule has 0 spiro atoms. The Labute approximate surface area is 149 Å². The minimum atomic E-state index is -0.986. The van der Waals surface area contributed by atoms with E-state index in [1.807, 2.05) is 11.6 Å². The van der Waals surface area contributed by atoms with E-state index in [9.17, 15) is 14.7 Å². The molecule has 1 unspecified atom stereocenters. The topological polar surface area (TPSA) is 87.5 Å². The Morgan fingerprint density at radius 2 is 2.20 bits per heavy atom. The van der Waals surface area contributed by atoms with Crippen LogP contribution in [-0.4, -0.2) is 50.8 Å². The Morgan fingerprint density at radius 3 is 2.88 bits per heavy atom. The van der Waals surface area contributed by atoms with Gasteiger partial charge in [-0.3, -0.25) is 14.3 Å². The fourth-order valence-electron chi connectivity index (χ4n) is 3.07. The second-order valence-electron chi connectivity index (χ2n) is 7.08. The van der Waals surface area contributed by atoms with Crippen LogP contribution in [0.15, 0.2) is 6.20 Å². The smallest absolute Gasteiger partial charge is 0.251 e. The van der Waals surface area contributed by atoms with Gasteiger partial charge in [0.05, 0.1) is 24.1 Å².